The summed E-state index contributed by atoms with van der Waals surface area (Å²) >= 11 is 0. The number of phenols is 1. The third-order valence-corrected chi connectivity index (χ3v) is 4.05. The molecule has 2 aromatic carbocycles. The standard InChI is InChI=1S/C17H18O3/c1-11-13-10-17(2,12-7-5-4-6-8-12)20-14(13)9-15(19-3)16(11)18/h4-9,18H,10H2,1-3H3. The van der Waals surface area contributed by atoms with E-state index in [4.69, 9.17) is 9.47 Å². The van der Waals surface area contributed by atoms with Gasteiger partial charge in [0, 0.05) is 23.6 Å². The van der Waals surface area contributed by atoms with Crippen molar-refractivity contribution in [1.29, 1.82) is 0 Å². The molecule has 0 bridgehead atoms. The Balaban J connectivity index is 2.07. The first-order valence-electron chi connectivity index (χ1n) is 6.69. The zero-order valence-corrected chi connectivity index (χ0v) is 11.9. The predicted molar refractivity (Wildman–Crippen MR) is 77.5 cm³/mol. The third kappa shape index (κ3) is 1.82. The maximum absolute atomic E-state index is 10.1. The summed E-state index contributed by atoms with van der Waals surface area (Å²) in [6.45, 7) is 3.97. The minimum atomic E-state index is -0.396. The average molecular weight is 270 g/mol. The summed E-state index contributed by atoms with van der Waals surface area (Å²) in [7, 11) is 1.55. The first kappa shape index (κ1) is 12.9. The fourth-order valence-electron chi connectivity index (χ4n) is 2.82. The Labute approximate surface area is 118 Å². The molecule has 3 nitrogen and oxygen atoms in total. The van der Waals surface area contributed by atoms with Crippen molar-refractivity contribution in [3.8, 4) is 17.2 Å². The zero-order valence-electron chi connectivity index (χ0n) is 11.9. The number of ether oxygens (including phenoxy) is 2. The second-order valence-electron chi connectivity index (χ2n) is 5.40. The van der Waals surface area contributed by atoms with Crippen LogP contribution in [-0.4, -0.2) is 12.2 Å². The van der Waals surface area contributed by atoms with Crippen LogP contribution >= 0.6 is 0 Å². The van der Waals surface area contributed by atoms with E-state index >= 15 is 0 Å². The van der Waals surface area contributed by atoms with Gasteiger partial charge in [-0.15, -0.1) is 0 Å². The molecule has 1 unspecified atom stereocenters. The van der Waals surface area contributed by atoms with Gasteiger partial charge in [0.05, 0.1) is 7.11 Å². The van der Waals surface area contributed by atoms with Crippen molar-refractivity contribution < 1.29 is 14.6 Å². The molecular weight excluding hydrogens is 252 g/mol. The molecule has 1 aliphatic heterocycles. The molecular formula is C17H18O3. The lowest BCUT2D eigenvalue weighted by Crippen LogP contribution is -2.26. The summed E-state index contributed by atoms with van der Waals surface area (Å²) in [5.41, 5.74) is 2.62. The van der Waals surface area contributed by atoms with E-state index in [1.165, 1.54) is 0 Å². The monoisotopic (exact) mass is 270 g/mol. The molecule has 104 valence electrons. The summed E-state index contributed by atoms with van der Waals surface area (Å²) in [6, 6.07) is 11.9. The smallest absolute Gasteiger partial charge is 0.164 e. The fraction of sp³-hybridized carbons (Fsp3) is 0.294. The maximum atomic E-state index is 10.1. The van der Waals surface area contributed by atoms with Crippen molar-refractivity contribution in [3.63, 3.8) is 0 Å². The number of methoxy groups -OCH3 is 1. The van der Waals surface area contributed by atoms with Crippen molar-refractivity contribution in [3.05, 3.63) is 53.1 Å². The summed E-state index contributed by atoms with van der Waals surface area (Å²) in [5, 5.41) is 10.1. The van der Waals surface area contributed by atoms with Crippen LogP contribution in [-0.2, 0) is 12.0 Å². The van der Waals surface area contributed by atoms with E-state index in [0.717, 1.165) is 28.9 Å². The van der Waals surface area contributed by atoms with Gasteiger partial charge < -0.3 is 14.6 Å². The van der Waals surface area contributed by atoms with Crippen molar-refractivity contribution in [1.82, 2.24) is 0 Å². The molecule has 1 heterocycles. The Morgan fingerprint density at radius 2 is 1.95 bits per heavy atom. The van der Waals surface area contributed by atoms with Gasteiger partial charge in [0.2, 0.25) is 0 Å². The minimum Gasteiger partial charge on any atom is -0.504 e. The molecule has 0 amide bonds. The highest BCUT2D eigenvalue weighted by Gasteiger charge is 2.38. The summed E-state index contributed by atoms with van der Waals surface area (Å²) in [6.07, 6.45) is 0.746. The van der Waals surface area contributed by atoms with Crippen LogP contribution in [0.1, 0.15) is 23.6 Å². The van der Waals surface area contributed by atoms with Crippen LogP contribution < -0.4 is 9.47 Å². The molecule has 0 radical (unpaired) electrons. The molecule has 0 aliphatic carbocycles. The number of rotatable bonds is 2. The molecule has 1 atom stereocenters. The second kappa shape index (κ2) is 4.44. The molecule has 2 aromatic rings. The van der Waals surface area contributed by atoms with E-state index in [2.05, 4.69) is 19.1 Å². The highest BCUT2D eigenvalue weighted by molar-refractivity contribution is 5.58. The lowest BCUT2D eigenvalue weighted by atomic mass is 9.89. The molecule has 3 rings (SSSR count). The Morgan fingerprint density at radius 3 is 2.60 bits per heavy atom. The molecule has 1 N–H and O–H groups in total. The quantitative estimate of drug-likeness (QED) is 0.906. The normalized spacial score (nSPS) is 20.4. The number of benzene rings is 2. The van der Waals surface area contributed by atoms with E-state index in [0.29, 0.717) is 5.75 Å². The van der Waals surface area contributed by atoms with Gasteiger partial charge in [-0.1, -0.05) is 30.3 Å². The molecule has 20 heavy (non-hydrogen) atoms. The van der Waals surface area contributed by atoms with E-state index in [9.17, 15) is 5.11 Å². The van der Waals surface area contributed by atoms with Crippen LogP contribution in [0.5, 0.6) is 17.2 Å². The molecule has 0 fully saturated rings. The van der Waals surface area contributed by atoms with E-state index in [1.54, 1.807) is 13.2 Å². The van der Waals surface area contributed by atoms with Crippen LogP contribution in [0.2, 0.25) is 0 Å². The van der Waals surface area contributed by atoms with Gasteiger partial charge in [0.15, 0.2) is 11.5 Å². The molecule has 0 saturated heterocycles. The predicted octanol–water partition coefficient (Wildman–Crippen LogP) is 3.56. The number of hydrogen-bond acceptors (Lipinski definition) is 3. The summed E-state index contributed by atoms with van der Waals surface area (Å²) < 4.78 is 11.4. The second-order valence-corrected chi connectivity index (χ2v) is 5.40. The Morgan fingerprint density at radius 1 is 1.25 bits per heavy atom. The first-order chi connectivity index (χ1) is 9.55. The van der Waals surface area contributed by atoms with Crippen molar-refractivity contribution in [2.24, 2.45) is 0 Å². The van der Waals surface area contributed by atoms with E-state index < -0.39 is 5.60 Å². The number of fused-ring (bicyclic) bond motifs is 1. The topological polar surface area (TPSA) is 38.7 Å². The largest absolute Gasteiger partial charge is 0.504 e. The van der Waals surface area contributed by atoms with Gasteiger partial charge in [-0.05, 0) is 19.4 Å². The van der Waals surface area contributed by atoms with E-state index in [1.807, 2.05) is 25.1 Å². The lowest BCUT2D eigenvalue weighted by molar-refractivity contribution is 0.115. The molecule has 3 heteroatoms. The number of phenolic OH excluding ortho intramolecular Hbond substituents is 1. The van der Waals surface area contributed by atoms with Crippen LogP contribution in [0.4, 0.5) is 0 Å². The summed E-state index contributed by atoms with van der Waals surface area (Å²) in [4.78, 5) is 0. The SMILES string of the molecule is COc1cc2c(c(C)c1O)CC(C)(c1ccccc1)O2. The number of hydrogen-bond donors (Lipinski definition) is 1. The Hall–Kier alpha value is -2.16. The van der Waals surface area contributed by atoms with Gasteiger partial charge in [0.25, 0.3) is 0 Å². The first-order valence-corrected chi connectivity index (χ1v) is 6.69. The van der Waals surface area contributed by atoms with Crippen LogP contribution in [0, 0.1) is 6.92 Å². The highest BCUT2D eigenvalue weighted by Crippen LogP contribution is 2.48. The van der Waals surface area contributed by atoms with Gasteiger partial charge in [0.1, 0.15) is 11.4 Å². The zero-order chi connectivity index (χ0) is 14.3. The molecule has 1 aliphatic rings. The van der Waals surface area contributed by atoms with Crippen molar-refractivity contribution in [2.45, 2.75) is 25.9 Å². The third-order valence-electron chi connectivity index (χ3n) is 4.05. The van der Waals surface area contributed by atoms with Gasteiger partial charge in [-0.25, -0.2) is 0 Å². The minimum absolute atomic E-state index is 0.201. The molecule has 0 aromatic heterocycles. The molecule has 0 spiro atoms. The maximum Gasteiger partial charge on any atom is 0.164 e. The van der Waals surface area contributed by atoms with Crippen LogP contribution in [0.25, 0.3) is 0 Å². The average Bonchev–Trinajstić information content (AvgIpc) is 2.82. The van der Waals surface area contributed by atoms with E-state index in [-0.39, 0.29) is 5.75 Å². The van der Waals surface area contributed by atoms with Crippen LogP contribution in [0.15, 0.2) is 36.4 Å². The lowest BCUT2D eigenvalue weighted by Gasteiger charge is -2.24. The Kier molecular flexibility index (Phi) is 2.85. The molecule has 0 saturated carbocycles. The Bertz CT molecular complexity index is 649. The van der Waals surface area contributed by atoms with Gasteiger partial charge in [-0.3, -0.25) is 0 Å². The van der Waals surface area contributed by atoms with Crippen LogP contribution in [0.3, 0.4) is 0 Å². The summed E-state index contributed by atoms with van der Waals surface area (Å²) in [5.74, 6) is 1.45. The van der Waals surface area contributed by atoms with Gasteiger partial charge in [-0.2, -0.15) is 0 Å². The van der Waals surface area contributed by atoms with Gasteiger partial charge >= 0.3 is 0 Å². The fourth-order valence-corrected chi connectivity index (χ4v) is 2.82. The number of aromatic hydroxyl groups is 1. The van der Waals surface area contributed by atoms with Crippen molar-refractivity contribution in [2.75, 3.05) is 7.11 Å². The van der Waals surface area contributed by atoms with Crippen molar-refractivity contribution >= 4 is 0 Å². The highest BCUT2D eigenvalue weighted by atomic mass is 16.5.